The van der Waals surface area contributed by atoms with Gasteiger partial charge in [0, 0.05) is 51.6 Å². The molecule has 7 nitrogen and oxygen atoms in total. The Morgan fingerprint density at radius 3 is 2.28 bits per heavy atom. The highest BCUT2D eigenvalue weighted by Gasteiger charge is 2.16. The summed E-state index contributed by atoms with van der Waals surface area (Å²) in [7, 11) is 6.07. The van der Waals surface area contributed by atoms with E-state index in [9.17, 15) is 4.79 Å². The molecule has 0 atom stereocenters. The third kappa shape index (κ3) is 4.24. The topological polar surface area (TPSA) is 64.6 Å². The van der Waals surface area contributed by atoms with E-state index in [1.807, 2.05) is 43.3 Å². The first-order valence-electron chi connectivity index (χ1n) is 8.37. The van der Waals surface area contributed by atoms with Crippen molar-refractivity contribution in [1.82, 2.24) is 14.9 Å². The molecule has 0 aliphatic carbocycles. The highest BCUT2D eigenvalue weighted by Crippen LogP contribution is 2.17. The predicted molar refractivity (Wildman–Crippen MR) is 100 cm³/mol. The Bertz CT molecular complexity index is 705. The molecule has 25 heavy (non-hydrogen) atoms. The molecule has 1 N–H and O–H groups in total. The van der Waals surface area contributed by atoms with Crippen LogP contribution in [-0.2, 0) is 0 Å². The lowest BCUT2D eigenvalue weighted by molar-refractivity contribution is 0.102. The van der Waals surface area contributed by atoms with Gasteiger partial charge in [-0.05, 0) is 31.3 Å². The molecule has 3 rings (SSSR count). The van der Waals surface area contributed by atoms with Crippen LogP contribution in [0.2, 0.25) is 0 Å². The van der Waals surface area contributed by atoms with Crippen molar-refractivity contribution in [2.24, 2.45) is 0 Å². The van der Waals surface area contributed by atoms with Crippen LogP contribution in [0.25, 0.3) is 0 Å². The number of amides is 1. The number of aromatic nitrogens is 2. The maximum Gasteiger partial charge on any atom is 0.275 e. The van der Waals surface area contributed by atoms with Crippen LogP contribution in [0.1, 0.15) is 10.5 Å². The fourth-order valence-corrected chi connectivity index (χ4v) is 2.68. The molecule has 2 aromatic rings. The van der Waals surface area contributed by atoms with Crippen LogP contribution in [0.5, 0.6) is 0 Å². The first-order valence-corrected chi connectivity index (χ1v) is 8.37. The highest BCUT2D eigenvalue weighted by atomic mass is 16.1. The van der Waals surface area contributed by atoms with E-state index in [-0.39, 0.29) is 5.91 Å². The number of anilines is 3. The lowest BCUT2D eigenvalue weighted by Crippen LogP contribution is -2.44. The molecule has 132 valence electrons. The van der Waals surface area contributed by atoms with Crippen LogP contribution in [0.15, 0.2) is 36.7 Å². The minimum absolute atomic E-state index is 0.255. The Morgan fingerprint density at radius 2 is 1.72 bits per heavy atom. The van der Waals surface area contributed by atoms with Crippen molar-refractivity contribution >= 4 is 23.1 Å². The minimum Gasteiger partial charge on any atom is -0.378 e. The standard InChI is InChI=1S/C18H24N6O/c1-22(2)15-6-4-14(5-7-15)21-18(25)16-12-20-17(13-19-16)24-10-8-23(3)9-11-24/h4-7,12-13H,8-11H2,1-3H3,(H,21,25). The van der Waals surface area contributed by atoms with Gasteiger partial charge in [-0.25, -0.2) is 9.97 Å². The Hall–Kier alpha value is -2.67. The molecule has 1 aliphatic heterocycles. The maximum absolute atomic E-state index is 12.3. The summed E-state index contributed by atoms with van der Waals surface area (Å²) < 4.78 is 0. The molecule has 1 aromatic carbocycles. The maximum atomic E-state index is 12.3. The average molecular weight is 340 g/mol. The summed E-state index contributed by atoms with van der Waals surface area (Å²) in [5, 5.41) is 2.85. The second-order valence-electron chi connectivity index (χ2n) is 6.45. The van der Waals surface area contributed by atoms with Crippen LogP contribution in [-0.4, -0.2) is 68.1 Å². The summed E-state index contributed by atoms with van der Waals surface area (Å²) >= 11 is 0. The molecule has 1 aromatic heterocycles. The normalized spacial score (nSPS) is 15.1. The second-order valence-corrected chi connectivity index (χ2v) is 6.45. The van der Waals surface area contributed by atoms with E-state index in [0.717, 1.165) is 43.4 Å². The zero-order chi connectivity index (χ0) is 17.8. The van der Waals surface area contributed by atoms with Crippen molar-refractivity contribution in [3.05, 3.63) is 42.4 Å². The number of hydrogen-bond donors (Lipinski definition) is 1. The molecule has 7 heteroatoms. The molecule has 1 saturated heterocycles. The van der Waals surface area contributed by atoms with Crippen molar-refractivity contribution in [3.8, 4) is 0 Å². The van der Waals surface area contributed by atoms with Gasteiger partial charge in [0.1, 0.15) is 11.5 Å². The van der Waals surface area contributed by atoms with Crippen LogP contribution >= 0.6 is 0 Å². The van der Waals surface area contributed by atoms with Gasteiger partial charge >= 0.3 is 0 Å². The second kappa shape index (κ2) is 7.48. The quantitative estimate of drug-likeness (QED) is 0.911. The molecule has 0 radical (unpaired) electrons. The van der Waals surface area contributed by atoms with Crippen molar-refractivity contribution in [2.45, 2.75) is 0 Å². The van der Waals surface area contributed by atoms with Crippen LogP contribution in [0.4, 0.5) is 17.2 Å². The van der Waals surface area contributed by atoms with Gasteiger partial charge < -0.3 is 20.0 Å². The van der Waals surface area contributed by atoms with Gasteiger partial charge in [-0.1, -0.05) is 0 Å². The van der Waals surface area contributed by atoms with Gasteiger partial charge in [-0.2, -0.15) is 0 Å². The fraction of sp³-hybridized carbons (Fsp3) is 0.389. The minimum atomic E-state index is -0.255. The van der Waals surface area contributed by atoms with E-state index in [1.165, 1.54) is 6.20 Å². The third-order valence-corrected chi connectivity index (χ3v) is 4.34. The predicted octanol–water partition coefficient (Wildman–Crippen LogP) is 1.55. The summed E-state index contributed by atoms with van der Waals surface area (Å²) in [6.07, 6.45) is 3.21. The molecule has 0 bridgehead atoms. The Morgan fingerprint density at radius 1 is 1.04 bits per heavy atom. The number of piperazine rings is 1. The van der Waals surface area contributed by atoms with Gasteiger partial charge in [-0.3, -0.25) is 4.79 Å². The largest absolute Gasteiger partial charge is 0.378 e. The van der Waals surface area contributed by atoms with E-state index in [4.69, 9.17) is 0 Å². The van der Waals surface area contributed by atoms with Crippen LogP contribution < -0.4 is 15.1 Å². The summed E-state index contributed by atoms with van der Waals surface area (Å²) in [4.78, 5) is 27.5. The highest BCUT2D eigenvalue weighted by molar-refractivity contribution is 6.02. The number of carbonyl (C=O) groups excluding carboxylic acids is 1. The zero-order valence-corrected chi connectivity index (χ0v) is 14.9. The number of hydrogen-bond acceptors (Lipinski definition) is 6. The van der Waals surface area contributed by atoms with Crippen LogP contribution in [0, 0.1) is 0 Å². The molecule has 0 spiro atoms. The van der Waals surface area contributed by atoms with Crippen molar-refractivity contribution < 1.29 is 4.79 Å². The Labute approximate surface area is 148 Å². The van der Waals surface area contributed by atoms with E-state index in [0.29, 0.717) is 5.69 Å². The third-order valence-electron chi connectivity index (χ3n) is 4.34. The van der Waals surface area contributed by atoms with E-state index < -0.39 is 0 Å². The van der Waals surface area contributed by atoms with Gasteiger partial charge in [0.05, 0.1) is 12.4 Å². The van der Waals surface area contributed by atoms with Crippen molar-refractivity contribution in [3.63, 3.8) is 0 Å². The summed E-state index contributed by atoms with van der Waals surface area (Å²) in [5.41, 5.74) is 2.13. The van der Waals surface area contributed by atoms with E-state index in [2.05, 4.69) is 32.1 Å². The Balaban J connectivity index is 1.62. The molecular formula is C18H24N6O. The average Bonchev–Trinajstić information content (AvgIpc) is 2.63. The van der Waals surface area contributed by atoms with Gasteiger partial charge in [0.15, 0.2) is 0 Å². The molecule has 1 fully saturated rings. The zero-order valence-electron chi connectivity index (χ0n) is 14.9. The molecule has 1 aliphatic rings. The van der Waals surface area contributed by atoms with Crippen LogP contribution in [0.3, 0.4) is 0 Å². The Kier molecular flexibility index (Phi) is 5.14. The number of rotatable bonds is 4. The molecule has 2 heterocycles. The van der Waals surface area contributed by atoms with Crippen molar-refractivity contribution in [1.29, 1.82) is 0 Å². The number of nitrogens with one attached hydrogen (secondary N) is 1. The lowest BCUT2D eigenvalue weighted by atomic mass is 10.2. The number of likely N-dealkylation sites (N-methyl/N-ethyl adjacent to an activating group) is 1. The first kappa shape index (κ1) is 17.2. The van der Waals surface area contributed by atoms with E-state index >= 15 is 0 Å². The number of carbonyl (C=O) groups is 1. The van der Waals surface area contributed by atoms with Crippen molar-refractivity contribution in [2.75, 3.05) is 62.4 Å². The van der Waals surface area contributed by atoms with Gasteiger partial charge in [0.2, 0.25) is 0 Å². The SMILES string of the molecule is CN1CCN(c2cnc(C(=O)Nc3ccc(N(C)C)cc3)cn2)CC1. The summed E-state index contributed by atoms with van der Waals surface area (Å²) in [6.45, 7) is 3.86. The lowest BCUT2D eigenvalue weighted by Gasteiger charge is -2.32. The summed E-state index contributed by atoms with van der Waals surface area (Å²) in [5.74, 6) is 0.565. The number of nitrogens with zero attached hydrogens (tertiary/aromatic N) is 5. The fourth-order valence-electron chi connectivity index (χ4n) is 2.68. The van der Waals surface area contributed by atoms with Gasteiger partial charge in [0.25, 0.3) is 5.91 Å². The number of benzene rings is 1. The monoisotopic (exact) mass is 340 g/mol. The van der Waals surface area contributed by atoms with E-state index in [1.54, 1.807) is 6.20 Å². The molecule has 0 unspecified atom stereocenters. The molecule has 1 amide bonds. The molecular weight excluding hydrogens is 316 g/mol. The smallest absolute Gasteiger partial charge is 0.275 e. The first-order chi connectivity index (χ1) is 12.0. The molecule has 0 saturated carbocycles. The van der Waals surface area contributed by atoms with Gasteiger partial charge in [-0.15, -0.1) is 0 Å². The summed E-state index contributed by atoms with van der Waals surface area (Å²) in [6, 6.07) is 7.66.